The molecule has 1 aromatic carbocycles. The van der Waals surface area contributed by atoms with Crippen LogP contribution in [-0.4, -0.2) is 7.11 Å². The summed E-state index contributed by atoms with van der Waals surface area (Å²) >= 11 is 0. The fourth-order valence-corrected chi connectivity index (χ4v) is 2.02. The van der Waals surface area contributed by atoms with E-state index in [1.807, 2.05) is 25.1 Å². The Bertz CT molecular complexity index is 636. The molecule has 2 N–H and O–H groups in total. The molecule has 18 heavy (non-hydrogen) atoms. The van der Waals surface area contributed by atoms with Gasteiger partial charge in [0.15, 0.2) is 0 Å². The van der Waals surface area contributed by atoms with Crippen molar-refractivity contribution in [3.05, 3.63) is 35.1 Å². The molecule has 0 aliphatic rings. The molecule has 4 nitrogen and oxygen atoms in total. The second-order valence-electron chi connectivity index (χ2n) is 4.09. The SMILES string of the molecule is COc1ccc(C)cc1-c1c(C)oc(N)c1C#N. The summed E-state index contributed by atoms with van der Waals surface area (Å²) in [7, 11) is 1.60. The number of rotatable bonds is 2. The predicted molar refractivity (Wildman–Crippen MR) is 69.3 cm³/mol. The zero-order chi connectivity index (χ0) is 13.3. The van der Waals surface area contributed by atoms with Gasteiger partial charge in [-0.05, 0) is 26.0 Å². The van der Waals surface area contributed by atoms with Crippen molar-refractivity contribution in [3.63, 3.8) is 0 Å². The first-order chi connectivity index (χ1) is 8.58. The zero-order valence-corrected chi connectivity index (χ0v) is 10.6. The lowest BCUT2D eigenvalue weighted by atomic mass is 9.99. The molecule has 2 rings (SSSR count). The van der Waals surface area contributed by atoms with E-state index < -0.39 is 0 Å². The van der Waals surface area contributed by atoms with Crippen LogP contribution in [0.25, 0.3) is 11.1 Å². The van der Waals surface area contributed by atoms with Crippen LogP contribution in [0.15, 0.2) is 22.6 Å². The van der Waals surface area contributed by atoms with E-state index in [4.69, 9.17) is 14.9 Å². The number of hydrogen-bond donors (Lipinski definition) is 1. The smallest absolute Gasteiger partial charge is 0.209 e. The van der Waals surface area contributed by atoms with E-state index in [2.05, 4.69) is 6.07 Å². The highest BCUT2D eigenvalue weighted by Crippen LogP contribution is 2.38. The fourth-order valence-electron chi connectivity index (χ4n) is 2.02. The Kier molecular flexibility index (Phi) is 2.99. The minimum atomic E-state index is 0.147. The molecule has 0 radical (unpaired) electrons. The summed E-state index contributed by atoms with van der Waals surface area (Å²) in [6.07, 6.45) is 0. The van der Waals surface area contributed by atoms with Crippen molar-refractivity contribution in [2.75, 3.05) is 12.8 Å². The van der Waals surface area contributed by atoms with E-state index in [1.54, 1.807) is 14.0 Å². The van der Waals surface area contributed by atoms with Crippen molar-refractivity contribution < 1.29 is 9.15 Å². The third kappa shape index (κ3) is 1.80. The van der Waals surface area contributed by atoms with E-state index >= 15 is 0 Å². The summed E-state index contributed by atoms with van der Waals surface area (Å²) in [4.78, 5) is 0. The van der Waals surface area contributed by atoms with E-state index in [-0.39, 0.29) is 5.88 Å². The molecule has 4 heteroatoms. The fraction of sp³-hybridized carbons (Fsp3) is 0.214. The van der Waals surface area contributed by atoms with Gasteiger partial charge in [0.2, 0.25) is 5.88 Å². The minimum Gasteiger partial charge on any atom is -0.496 e. The number of aryl methyl sites for hydroxylation is 2. The molecule has 92 valence electrons. The normalized spacial score (nSPS) is 10.1. The van der Waals surface area contributed by atoms with Crippen LogP contribution < -0.4 is 10.5 Å². The van der Waals surface area contributed by atoms with Crippen LogP contribution in [0.5, 0.6) is 5.75 Å². The van der Waals surface area contributed by atoms with Gasteiger partial charge in [0, 0.05) is 11.1 Å². The Hall–Kier alpha value is -2.41. The number of furan rings is 1. The molecule has 0 aliphatic carbocycles. The highest BCUT2D eigenvalue weighted by Gasteiger charge is 2.20. The molecule has 0 spiro atoms. The van der Waals surface area contributed by atoms with E-state index in [9.17, 15) is 5.26 Å². The summed E-state index contributed by atoms with van der Waals surface area (Å²) in [5.74, 6) is 1.46. The molecule has 1 heterocycles. The van der Waals surface area contributed by atoms with E-state index in [1.165, 1.54) is 0 Å². The van der Waals surface area contributed by atoms with Crippen LogP contribution in [-0.2, 0) is 0 Å². The van der Waals surface area contributed by atoms with Gasteiger partial charge in [-0.2, -0.15) is 5.26 Å². The molecule has 0 unspecified atom stereocenters. The number of nitrogen functional groups attached to an aromatic ring is 1. The van der Waals surface area contributed by atoms with Crippen molar-refractivity contribution in [1.82, 2.24) is 0 Å². The van der Waals surface area contributed by atoms with Gasteiger partial charge in [-0.3, -0.25) is 0 Å². The monoisotopic (exact) mass is 242 g/mol. The van der Waals surface area contributed by atoms with Gasteiger partial charge in [-0.1, -0.05) is 11.6 Å². The van der Waals surface area contributed by atoms with Crippen molar-refractivity contribution in [2.24, 2.45) is 0 Å². The third-order valence-electron chi connectivity index (χ3n) is 2.85. The van der Waals surface area contributed by atoms with Gasteiger partial charge in [-0.25, -0.2) is 0 Å². The van der Waals surface area contributed by atoms with E-state index in [0.29, 0.717) is 22.6 Å². The largest absolute Gasteiger partial charge is 0.496 e. The number of benzene rings is 1. The average molecular weight is 242 g/mol. The van der Waals surface area contributed by atoms with Crippen molar-refractivity contribution in [3.8, 4) is 22.9 Å². The topological polar surface area (TPSA) is 72.2 Å². The maximum atomic E-state index is 9.18. The Morgan fingerprint density at radius 1 is 1.33 bits per heavy atom. The summed E-state index contributed by atoms with van der Waals surface area (Å²) in [6, 6.07) is 7.86. The van der Waals surface area contributed by atoms with Crippen LogP contribution >= 0.6 is 0 Å². The number of methoxy groups -OCH3 is 1. The molecule has 0 fully saturated rings. The lowest BCUT2D eigenvalue weighted by Gasteiger charge is -2.09. The van der Waals surface area contributed by atoms with E-state index in [0.717, 1.165) is 11.1 Å². The predicted octanol–water partition coefficient (Wildman–Crippen LogP) is 3.03. The molecule has 0 saturated carbocycles. The first kappa shape index (κ1) is 12.1. The highest BCUT2D eigenvalue weighted by atomic mass is 16.5. The Morgan fingerprint density at radius 3 is 2.67 bits per heavy atom. The molecule has 0 saturated heterocycles. The second-order valence-corrected chi connectivity index (χ2v) is 4.09. The maximum Gasteiger partial charge on any atom is 0.209 e. The Balaban J connectivity index is 2.77. The number of nitrogens with zero attached hydrogens (tertiary/aromatic N) is 1. The number of anilines is 1. The highest BCUT2D eigenvalue weighted by molar-refractivity contribution is 5.81. The van der Waals surface area contributed by atoms with Crippen LogP contribution in [0.4, 0.5) is 5.88 Å². The van der Waals surface area contributed by atoms with Crippen LogP contribution in [0.1, 0.15) is 16.9 Å². The molecule has 0 aliphatic heterocycles. The number of ether oxygens (including phenoxy) is 1. The lowest BCUT2D eigenvalue weighted by molar-refractivity contribution is 0.416. The maximum absolute atomic E-state index is 9.18. The summed E-state index contributed by atoms with van der Waals surface area (Å²) < 4.78 is 10.7. The van der Waals surface area contributed by atoms with Gasteiger partial charge in [0.05, 0.1) is 7.11 Å². The second kappa shape index (κ2) is 4.46. The molecule has 0 bridgehead atoms. The molecular formula is C14H14N2O2. The standard InChI is InChI=1S/C14H14N2O2/c1-8-4-5-12(17-3)10(6-8)13-9(2)18-14(16)11(13)7-15/h4-6H,16H2,1-3H3. The Morgan fingerprint density at radius 2 is 2.06 bits per heavy atom. The average Bonchev–Trinajstić information content (AvgIpc) is 2.63. The molecule has 0 atom stereocenters. The van der Waals surface area contributed by atoms with Gasteiger partial charge < -0.3 is 14.9 Å². The van der Waals surface area contributed by atoms with Gasteiger partial charge in [-0.15, -0.1) is 0 Å². The Labute approximate surface area is 106 Å². The van der Waals surface area contributed by atoms with Crippen molar-refractivity contribution >= 4 is 5.88 Å². The third-order valence-corrected chi connectivity index (χ3v) is 2.85. The summed E-state index contributed by atoms with van der Waals surface area (Å²) in [6.45, 7) is 3.77. The van der Waals surface area contributed by atoms with Gasteiger partial charge in [0.25, 0.3) is 0 Å². The molecule has 0 amide bonds. The van der Waals surface area contributed by atoms with Crippen molar-refractivity contribution in [1.29, 1.82) is 5.26 Å². The van der Waals surface area contributed by atoms with Crippen LogP contribution in [0.3, 0.4) is 0 Å². The van der Waals surface area contributed by atoms with Gasteiger partial charge in [0.1, 0.15) is 23.1 Å². The summed E-state index contributed by atoms with van der Waals surface area (Å²) in [5, 5.41) is 9.18. The lowest BCUT2D eigenvalue weighted by Crippen LogP contribution is -1.92. The minimum absolute atomic E-state index is 0.147. The van der Waals surface area contributed by atoms with Crippen LogP contribution in [0, 0.1) is 25.2 Å². The van der Waals surface area contributed by atoms with Crippen molar-refractivity contribution in [2.45, 2.75) is 13.8 Å². The number of hydrogen-bond acceptors (Lipinski definition) is 4. The molecule has 1 aromatic heterocycles. The molecule has 2 aromatic rings. The first-order valence-electron chi connectivity index (χ1n) is 5.52. The van der Waals surface area contributed by atoms with Crippen LogP contribution in [0.2, 0.25) is 0 Å². The molecular weight excluding hydrogens is 228 g/mol. The van der Waals surface area contributed by atoms with Gasteiger partial charge >= 0.3 is 0 Å². The quantitative estimate of drug-likeness (QED) is 0.878. The first-order valence-corrected chi connectivity index (χ1v) is 5.52. The zero-order valence-electron chi connectivity index (χ0n) is 10.6. The number of nitrogens with two attached hydrogens (primary N) is 1. The number of nitriles is 1. The summed E-state index contributed by atoms with van der Waals surface area (Å²) in [5.41, 5.74) is 8.66.